The molecule has 0 saturated heterocycles. The van der Waals surface area contributed by atoms with Crippen molar-refractivity contribution < 1.29 is 14.4 Å². The second kappa shape index (κ2) is 9.28. The Bertz CT molecular complexity index is 389. The summed E-state index contributed by atoms with van der Waals surface area (Å²) in [5.74, 6) is 3.96. The van der Waals surface area contributed by atoms with Gasteiger partial charge < -0.3 is 0 Å². The zero-order chi connectivity index (χ0) is 15.7. The van der Waals surface area contributed by atoms with E-state index in [1.165, 1.54) is 32.1 Å². The third kappa shape index (κ3) is 5.67. The van der Waals surface area contributed by atoms with E-state index >= 15 is 0 Å². The van der Waals surface area contributed by atoms with Crippen LogP contribution in [0.15, 0.2) is 12.2 Å². The van der Waals surface area contributed by atoms with Crippen LogP contribution in [-0.2, 0) is 14.4 Å². The number of rotatable bonds is 10. The van der Waals surface area contributed by atoms with Crippen LogP contribution in [0, 0.1) is 0 Å². The van der Waals surface area contributed by atoms with Gasteiger partial charge in [0.2, 0.25) is 0 Å². The summed E-state index contributed by atoms with van der Waals surface area (Å²) in [6.07, 6.45) is 11.5. The Balaban J connectivity index is 2.13. The Morgan fingerprint density at radius 3 is 2.00 bits per heavy atom. The second-order valence-corrected chi connectivity index (χ2v) is 5.28. The first-order chi connectivity index (χ1) is 10.1. The molecular weight excluding hydrogens is 270 g/mol. The minimum Gasteiger partial charge on any atom is -0.272 e. The van der Waals surface area contributed by atoms with Gasteiger partial charge in [0.15, 0.2) is 0 Å². The molecule has 118 valence electrons. The van der Waals surface area contributed by atoms with Gasteiger partial charge >= 0.3 is 0 Å². The van der Waals surface area contributed by atoms with Crippen LogP contribution in [-0.4, -0.2) is 27.8 Å². The van der Waals surface area contributed by atoms with Crippen molar-refractivity contribution >= 4 is 17.7 Å². The lowest BCUT2D eigenvalue weighted by atomic mass is 10.1. The van der Waals surface area contributed by atoms with Crippen LogP contribution in [0.25, 0.3) is 0 Å². The van der Waals surface area contributed by atoms with Crippen LogP contribution in [0.3, 0.4) is 0 Å². The molecule has 0 atom stereocenters. The summed E-state index contributed by atoms with van der Waals surface area (Å²) in [5, 5.41) is 1.29. The monoisotopic (exact) mass is 295 g/mol. The normalized spacial score (nSPS) is 14.1. The zero-order valence-corrected chi connectivity index (χ0v) is 12.7. The van der Waals surface area contributed by atoms with Gasteiger partial charge in [-0.3, -0.25) is 14.4 Å². The minimum atomic E-state index is -0.577. The average Bonchev–Trinajstić information content (AvgIpc) is 2.80. The van der Waals surface area contributed by atoms with E-state index in [9.17, 15) is 14.4 Å². The van der Waals surface area contributed by atoms with Crippen molar-refractivity contribution in [3.63, 3.8) is 0 Å². The molecule has 1 rings (SSSR count). The number of amides is 3. The molecule has 0 spiro atoms. The Morgan fingerprint density at radius 2 is 1.48 bits per heavy atom. The summed E-state index contributed by atoms with van der Waals surface area (Å²) in [6, 6.07) is 0. The number of carbonyl (C=O) groups is 3. The molecule has 0 aliphatic carbocycles. The number of hydrogen-bond donors (Lipinski definition) is 1. The molecule has 6 nitrogen and oxygen atoms in total. The quantitative estimate of drug-likeness (QED) is 0.220. The zero-order valence-electron chi connectivity index (χ0n) is 12.7. The molecule has 0 saturated carbocycles. The molecule has 0 fully saturated rings. The van der Waals surface area contributed by atoms with Gasteiger partial charge in [0.25, 0.3) is 17.7 Å². The molecule has 21 heavy (non-hydrogen) atoms. The Hall–Kier alpha value is -1.69. The number of nitrogens with zero attached hydrogens (tertiary/aromatic N) is 2. The molecule has 2 N–H and O–H groups in total. The Morgan fingerprint density at radius 1 is 1.00 bits per heavy atom. The van der Waals surface area contributed by atoms with E-state index in [1.54, 1.807) is 0 Å². The fraction of sp³-hybridized carbons (Fsp3) is 0.667. The second-order valence-electron chi connectivity index (χ2n) is 5.28. The first kappa shape index (κ1) is 17.4. The Labute approximate surface area is 125 Å². The summed E-state index contributed by atoms with van der Waals surface area (Å²) in [4.78, 5) is 34.6. The van der Waals surface area contributed by atoms with Gasteiger partial charge in [0, 0.05) is 18.6 Å². The maximum absolute atomic E-state index is 11.8. The summed E-state index contributed by atoms with van der Waals surface area (Å²) in [6.45, 7) is 2.19. The summed E-state index contributed by atoms with van der Waals surface area (Å²) >= 11 is 0. The highest BCUT2D eigenvalue weighted by Crippen LogP contribution is 2.11. The average molecular weight is 295 g/mol. The number of unbranched alkanes of at least 4 members (excludes halogenated alkanes) is 7. The third-order valence-electron chi connectivity index (χ3n) is 3.50. The maximum Gasteiger partial charge on any atom is 0.274 e. The molecule has 1 aliphatic rings. The molecule has 0 aromatic heterocycles. The topological polar surface area (TPSA) is 83.7 Å². The van der Waals surface area contributed by atoms with Crippen LogP contribution in [0.5, 0.6) is 0 Å². The summed E-state index contributed by atoms with van der Waals surface area (Å²) in [7, 11) is 0. The summed E-state index contributed by atoms with van der Waals surface area (Å²) in [5.41, 5.74) is 0. The van der Waals surface area contributed by atoms with Crippen molar-refractivity contribution in [3.8, 4) is 0 Å². The van der Waals surface area contributed by atoms with Crippen molar-refractivity contribution in [1.29, 1.82) is 0 Å². The summed E-state index contributed by atoms with van der Waals surface area (Å²) < 4.78 is 0. The molecule has 6 heteroatoms. The lowest BCUT2D eigenvalue weighted by Gasteiger charge is -2.24. The maximum atomic E-state index is 11.8. The van der Waals surface area contributed by atoms with Crippen LogP contribution in [0.2, 0.25) is 0 Å². The molecule has 1 heterocycles. The highest BCUT2D eigenvalue weighted by Gasteiger charge is 2.30. The highest BCUT2D eigenvalue weighted by atomic mass is 16.2. The molecule has 0 unspecified atom stereocenters. The largest absolute Gasteiger partial charge is 0.274 e. The van der Waals surface area contributed by atoms with Crippen molar-refractivity contribution in [1.82, 2.24) is 10.1 Å². The highest BCUT2D eigenvalue weighted by molar-refractivity contribution is 6.13. The molecule has 0 bridgehead atoms. The van der Waals surface area contributed by atoms with E-state index in [2.05, 4.69) is 6.92 Å². The van der Waals surface area contributed by atoms with E-state index in [-0.39, 0.29) is 6.42 Å². The van der Waals surface area contributed by atoms with Gasteiger partial charge in [-0.1, -0.05) is 51.9 Å². The van der Waals surface area contributed by atoms with Gasteiger partial charge in [0.05, 0.1) is 0 Å². The van der Waals surface area contributed by atoms with Gasteiger partial charge in [-0.05, 0) is 6.42 Å². The molecule has 0 aromatic carbocycles. The number of imide groups is 1. The predicted octanol–water partition coefficient (Wildman–Crippen LogP) is 2.06. The van der Waals surface area contributed by atoms with E-state index in [1.807, 2.05) is 0 Å². The van der Waals surface area contributed by atoms with Gasteiger partial charge in [-0.15, -0.1) is 0 Å². The molecule has 0 aromatic rings. The molecule has 0 radical (unpaired) electrons. The van der Waals surface area contributed by atoms with Crippen LogP contribution in [0.4, 0.5) is 0 Å². The van der Waals surface area contributed by atoms with E-state index in [0.717, 1.165) is 31.4 Å². The van der Waals surface area contributed by atoms with Gasteiger partial charge in [0.1, 0.15) is 0 Å². The first-order valence-corrected chi connectivity index (χ1v) is 7.71. The fourth-order valence-electron chi connectivity index (χ4n) is 2.24. The number of hydrogen-bond acceptors (Lipinski definition) is 4. The predicted molar refractivity (Wildman–Crippen MR) is 79.3 cm³/mol. The molecule has 3 amide bonds. The van der Waals surface area contributed by atoms with Crippen molar-refractivity contribution in [2.24, 2.45) is 5.84 Å². The van der Waals surface area contributed by atoms with Crippen molar-refractivity contribution in [2.45, 2.75) is 64.7 Å². The lowest BCUT2D eigenvalue weighted by molar-refractivity contribution is -0.167. The van der Waals surface area contributed by atoms with Crippen LogP contribution >= 0.6 is 0 Å². The van der Waals surface area contributed by atoms with Crippen LogP contribution < -0.4 is 5.84 Å². The van der Waals surface area contributed by atoms with Crippen molar-refractivity contribution in [3.05, 3.63) is 12.2 Å². The molecular formula is C15H25N3O3. The first-order valence-electron chi connectivity index (χ1n) is 7.71. The molecule has 1 aliphatic heterocycles. The van der Waals surface area contributed by atoms with Crippen molar-refractivity contribution in [2.75, 3.05) is 0 Å². The third-order valence-corrected chi connectivity index (χ3v) is 3.50. The van der Waals surface area contributed by atoms with Gasteiger partial charge in [-0.2, -0.15) is 10.1 Å². The fourth-order valence-corrected chi connectivity index (χ4v) is 2.24. The number of carbonyl (C=O) groups excluding carboxylic acids is 3. The lowest BCUT2D eigenvalue weighted by Crippen LogP contribution is -2.53. The number of hydrazine groups is 2. The van der Waals surface area contributed by atoms with Crippen LogP contribution in [0.1, 0.15) is 64.7 Å². The minimum absolute atomic E-state index is 0.252. The van der Waals surface area contributed by atoms with E-state index < -0.39 is 17.7 Å². The van der Waals surface area contributed by atoms with E-state index in [0.29, 0.717) is 10.1 Å². The SMILES string of the molecule is CCCCCCCCCCC(=O)N(N)N1C(=O)C=CC1=O. The smallest absolute Gasteiger partial charge is 0.272 e. The standard InChI is InChI=1S/C15H25N3O3/c1-2-3-4-5-6-7-8-9-10-15(21)18(16)17-13(19)11-12-14(17)20/h11-12H,2-10,16H2,1H3. The Kier molecular flexibility index (Phi) is 7.68. The van der Waals surface area contributed by atoms with Gasteiger partial charge in [-0.25, -0.2) is 5.84 Å². The number of nitrogens with two attached hydrogens (primary N) is 1. The van der Waals surface area contributed by atoms with E-state index in [4.69, 9.17) is 5.84 Å².